The standard InChI is InChI=1S/C13H13FN2O2S/c1-7(2)18-13(17)11-9(6-19-12(11)15)10-4-3-8(14)5-16-10/h3-7H,15H2,1-2H3. The monoisotopic (exact) mass is 280 g/mol. The smallest absolute Gasteiger partial charge is 0.342 e. The highest BCUT2D eigenvalue weighted by molar-refractivity contribution is 7.14. The number of nitrogens with zero attached hydrogens (tertiary/aromatic N) is 1. The Bertz CT molecular complexity index is 593. The number of rotatable bonds is 3. The Morgan fingerprint density at radius 2 is 2.21 bits per heavy atom. The van der Waals surface area contributed by atoms with Crippen molar-refractivity contribution in [2.75, 3.05) is 5.73 Å². The molecule has 0 aliphatic rings. The molecule has 2 aromatic rings. The van der Waals surface area contributed by atoms with Crippen molar-refractivity contribution in [3.8, 4) is 11.3 Å². The van der Waals surface area contributed by atoms with Gasteiger partial charge in [-0.3, -0.25) is 4.98 Å². The molecular weight excluding hydrogens is 267 g/mol. The molecule has 0 saturated heterocycles. The molecule has 6 heteroatoms. The van der Waals surface area contributed by atoms with Crippen LogP contribution >= 0.6 is 11.3 Å². The molecule has 0 spiro atoms. The second kappa shape index (κ2) is 5.36. The topological polar surface area (TPSA) is 65.2 Å². The molecule has 0 aliphatic carbocycles. The zero-order valence-corrected chi connectivity index (χ0v) is 11.3. The van der Waals surface area contributed by atoms with Crippen LogP contribution < -0.4 is 5.73 Å². The van der Waals surface area contributed by atoms with Crippen LogP contribution in [0.5, 0.6) is 0 Å². The van der Waals surface area contributed by atoms with Crippen LogP contribution in [-0.4, -0.2) is 17.1 Å². The maximum atomic E-state index is 12.9. The van der Waals surface area contributed by atoms with Gasteiger partial charge in [-0.25, -0.2) is 9.18 Å². The maximum absolute atomic E-state index is 12.9. The van der Waals surface area contributed by atoms with E-state index in [1.807, 2.05) is 0 Å². The number of pyridine rings is 1. The van der Waals surface area contributed by atoms with Gasteiger partial charge in [0.05, 0.1) is 18.0 Å². The molecule has 100 valence electrons. The normalized spacial score (nSPS) is 10.7. The number of hydrogen-bond donors (Lipinski definition) is 1. The van der Waals surface area contributed by atoms with Crippen molar-refractivity contribution >= 4 is 22.3 Å². The van der Waals surface area contributed by atoms with Crippen molar-refractivity contribution in [2.45, 2.75) is 20.0 Å². The predicted octanol–water partition coefficient (Wildman–Crippen LogP) is 3.10. The highest BCUT2D eigenvalue weighted by atomic mass is 32.1. The fourth-order valence-corrected chi connectivity index (χ4v) is 2.37. The average Bonchev–Trinajstić information content (AvgIpc) is 2.71. The summed E-state index contributed by atoms with van der Waals surface area (Å²) in [7, 11) is 0. The van der Waals surface area contributed by atoms with Gasteiger partial charge in [0, 0.05) is 10.9 Å². The third-order valence-corrected chi connectivity index (χ3v) is 3.18. The number of ether oxygens (including phenoxy) is 1. The molecule has 2 aromatic heterocycles. The first-order valence-corrected chi connectivity index (χ1v) is 6.57. The third kappa shape index (κ3) is 2.90. The van der Waals surface area contributed by atoms with E-state index in [2.05, 4.69) is 4.98 Å². The first-order chi connectivity index (χ1) is 8.99. The Labute approximate surface area is 114 Å². The van der Waals surface area contributed by atoms with Gasteiger partial charge in [-0.1, -0.05) is 0 Å². The van der Waals surface area contributed by atoms with E-state index in [4.69, 9.17) is 10.5 Å². The largest absolute Gasteiger partial charge is 0.459 e. The molecule has 0 fully saturated rings. The summed E-state index contributed by atoms with van der Waals surface area (Å²) in [4.78, 5) is 16.0. The number of nitrogen functional groups attached to an aromatic ring is 1. The van der Waals surface area contributed by atoms with Crippen LogP contribution in [0.25, 0.3) is 11.3 Å². The van der Waals surface area contributed by atoms with E-state index in [0.717, 1.165) is 6.20 Å². The van der Waals surface area contributed by atoms with Crippen molar-refractivity contribution < 1.29 is 13.9 Å². The van der Waals surface area contributed by atoms with Crippen LogP contribution in [0.3, 0.4) is 0 Å². The van der Waals surface area contributed by atoms with Gasteiger partial charge in [-0.05, 0) is 26.0 Å². The fraction of sp³-hybridized carbons (Fsp3) is 0.231. The SMILES string of the molecule is CC(C)OC(=O)c1c(-c2ccc(F)cn2)csc1N. The first-order valence-electron chi connectivity index (χ1n) is 5.69. The van der Waals surface area contributed by atoms with Crippen LogP contribution in [0.4, 0.5) is 9.39 Å². The van der Waals surface area contributed by atoms with Crippen LogP contribution in [0.1, 0.15) is 24.2 Å². The predicted molar refractivity (Wildman–Crippen MR) is 72.5 cm³/mol. The molecule has 2 rings (SSSR count). The molecule has 0 aromatic carbocycles. The quantitative estimate of drug-likeness (QED) is 0.877. The van der Waals surface area contributed by atoms with Gasteiger partial charge >= 0.3 is 5.97 Å². The number of anilines is 1. The molecule has 0 amide bonds. The summed E-state index contributed by atoms with van der Waals surface area (Å²) in [6, 6.07) is 2.79. The Morgan fingerprint density at radius 1 is 1.47 bits per heavy atom. The molecule has 0 aliphatic heterocycles. The zero-order chi connectivity index (χ0) is 14.0. The van der Waals surface area contributed by atoms with Crippen molar-refractivity contribution in [3.05, 3.63) is 35.1 Å². The fourth-order valence-electron chi connectivity index (χ4n) is 1.58. The number of esters is 1. The van der Waals surface area contributed by atoms with E-state index in [1.54, 1.807) is 19.2 Å². The van der Waals surface area contributed by atoms with Crippen LogP contribution in [-0.2, 0) is 4.74 Å². The minimum Gasteiger partial charge on any atom is -0.459 e. The van der Waals surface area contributed by atoms with E-state index < -0.39 is 11.8 Å². The Balaban J connectivity index is 2.42. The van der Waals surface area contributed by atoms with E-state index >= 15 is 0 Å². The molecule has 0 bridgehead atoms. The summed E-state index contributed by atoms with van der Waals surface area (Å²) in [5, 5.41) is 2.08. The van der Waals surface area contributed by atoms with Crippen LogP contribution in [0.2, 0.25) is 0 Å². The van der Waals surface area contributed by atoms with Gasteiger partial charge in [0.1, 0.15) is 16.4 Å². The van der Waals surface area contributed by atoms with Crippen LogP contribution in [0, 0.1) is 5.82 Å². The lowest BCUT2D eigenvalue weighted by atomic mass is 10.1. The molecule has 4 nitrogen and oxygen atoms in total. The lowest BCUT2D eigenvalue weighted by Crippen LogP contribution is -2.13. The molecule has 0 atom stereocenters. The van der Waals surface area contributed by atoms with E-state index in [-0.39, 0.29) is 11.7 Å². The summed E-state index contributed by atoms with van der Waals surface area (Å²) in [5.74, 6) is -0.923. The second-order valence-electron chi connectivity index (χ2n) is 4.20. The maximum Gasteiger partial charge on any atom is 0.342 e. The summed E-state index contributed by atoms with van der Waals surface area (Å²) in [6.07, 6.45) is 0.863. The van der Waals surface area contributed by atoms with Gasteiger partial charge in [-0.2, -0.15) is 0 Å². The van der Waals surface area contributed by atoms with Crippen molar-refractivity contribution in [1.82, 2.24) is 4.98 Å². The third-order valence-electron chi connectivity index (χ3n) is 2.37. The minimum absolute atomic E-state index is 0.235. The van der Waals surface area contributed by atoms with E-state index in [0.29, 0.717) is 16.3 Å². The second-order valence-corrected chi connectivity index (χ2v) is 5.12. The Morgan fingerprint density at radius 3 is 2.79 bits per heavy atom. The van der Waals surface area contributed by atoms with Gasteiger partial charge in [0.25, 0.3) is 0 Å². The summed E-state index contributed by atoms with van der Waals surface area (Å²) in [5.41, 5.74) is 7.14. The Hall–Kier alpha value is -1.95. The molecule has 0 radical (unpaired) electrons. The number of halogens is 1. The summed E-state index contributed by atoms with van der Waals surface area (Å²) < 4.78 is 18.0. The molecule has 2 heterocycles. The highest BCUT2D eigenvalue weighted by Gasteiger charge is 2.21. The van der Waals surface area contributed by atoms with Gasteiger partial charge < -0.3 is 10.5 Å². The van der Waals surface area contributed by atoms with E-state index in [1.165, 1.54) is 23.5 Å². The van der Waals surface area contributed by atoms with Gasteiger partial charge in [0.15, 0.2) is 0 Å². The molecule has 0 unspecified atom stereocenters. The van der Waals surface area contributed by atoms with Crippen molar-refractivity contribution in [2.24, 2.45) is 0 Å². The number of aromatic nitrogens is 1. The number of hydrogen-bond acceptors (Lipinski definition) is 5. The number of nitrogens with two attached hydrogens (primary N) is 1. The summed E-state index contributed by atoms with van der Waals surface area (Å²) >= 11 is 1.23. The summed E-state index contributed by atoms with van der Waals surface area (Å²) in [6.45, 7) is 3.52. The van der Waals surface area contributed by atoms with Crippen molar-refractivity contribution in [3.63, 3.8) is 0 Å². The van der Waals surface area contributed by atoms with Gasteiger partial charge in [0.2, 0.25) is 0 Å². The van der Waals surface area contributed by atoms with Crippen LogP contribution in [0.15, 0.2) is 23.7 Å². The number of carbonyl (C=O) groups excluding carboxylic acids is 1. The van der Waals surface area contributed by atoms with Crippen molar-refractivity contribution in [1.29, 1.82) is 0 Å². The Kier molecular flexibility index (Phi) is 3.80. The molecule has 19 heavy (non-hydrogen) atoms. The number of thiophene rings is 1. The zero-order valence-electron chi connectivity index (χ0n) is 10.5. The van der Waals surface area contributed by atoms with Gasteiger partial charge in [-0.15, -0.1) is 11.3 Å². The average molecular weight is 280 g/mol. The number of carbonyl (C=O) groups is 1. The minimum atomic E-state index is -0.491. The molecular formula is C13H13FN2O2S. The highest BCUT2D eigenvalue weighted by Crippen LogP contribution is 2.33. The lowest BCUT2D eigenvalue weighted by Gasteiger charge is -2.09. The van der Waals surface area contributed by atoms with E-state index in [9.17, 15) is 9.18 Å². The molecule has 0 saturated carbocycles. The first kappa shape index (κ1) is 13.5. The lowest BCUT2D eigenvalue weighted by molar-refractivity contribution is 0.0380. The molecule has 2 N–H and O–H groups in total.